The predicted molar refractivity (Wildman–Crippen MR) is 71.8 cm³/mol. The van der Waals surface area contributed by atoms with Crippen molar-refractivity contribution in [2.75, 3.05) is 43.6 Å². The van der Waals surface area contributed by atoms with Crippen molar-refractivity contribution in [3.63, 3.8) is 0 Å². The Bertz CT molecular complexity index is 402. The topological polar surface area (TPSA) is 36.4 Å². The summed E-state index contributed by atoms with van der Waals surface area (Å²) in [5.74, 6) is 3.05. The third-order valence-corrected chi connectivity index (χ3v) is 3.68. The van der Waals surface area contributed by atoms with Gasteiger partial charge in [-0.3, -0.25) is 4.79 Å². The van der Waals surface area contributed by atoms with Crippen molar-refractivity contribution in [3.8, 4) is 0 Å². The van der Waals surface area contributed by atoms with Crippen LogP contribution < -0.4 is 4.90 Å². The molecule has 1 aliphatic rings. The first-order valence-electron chi connectivity index (χ1n) is 5.69. The Labute approximate surface area is 106 Å². The number of carbonyl (C=O) groups is 1. The highest BCUT2D eigenvalue weighted by Crippen LogP contribution is 2.21. The Balaban J connectivity index is 2.29. The van der Waals surface area contributed by atoms with E-state index in [2.05, 4.69) is 9.88 Å². The first kappa shape index (κ1) is 12.2. The highest BCUT2D eigenvalue weighted by Gasteiger charge is 2.20. The lowest BCUT2D eigenvalue weighted by atomic mass is 10.2. The number of aromatic nitrogens is 1. The average Bonchev–Trinajstić information content (AvgIpc) is 2.39. The van der Waals surface area contributed by atoms with E-state index < -0.39 is 0 Å². The van der Waals surface area contributed by atoms with Crippen molar-refractivity contribution in [3.05, 3.63) is 23.9 Å². The second-order valence-corrected chi connectivity index (χ2v) is 5.40. The van der Waals surface area contributed by atoms with Gasteiger partial charge in [-0.2, -0.15) is 11.8 Å². The summed E-state index contributed by atoms with van der Waals surface area (Å²) >= 11 is 1.95. The average molecular weight is 251 g/mol. The van der Waals surface area contributed by atoms with E-state index >= 15 is 0 Å². The number of carbonyl (C=O) groups excluding carboxylic acids is 1. The van der Waals surface area contributed by atoms with Gasteiger partial charge in [0.2, 0.25) is 0 Å². The van der Waals surface area contributed by atoms with Crippen molar-refractivity contribution in [1.82, 2.24) is 9.88 Å². The van der Waals surface area contributed by atoms with Crippen LogP contribution in [0.5, 0.6) is 0 Å². The molecule has 0 unspecified atom stereocenters. The molecule has 0 atom stereocenters. The third kappa shape index (κ3) is 2.72. The lowest BCUT2D eigenvalue weighted by Gasteiger charge is -2.29. The fraction of sp³-hybridized carbons (Fsp3) is 0.500. The summed E-state index contributed by atoms with van der Waals surface area (Å²) < 4.78 is 0. The SMILES string of the molecule is CN(C)C(=O)c1cccnc1N1CCSCC1. The molecular formula is C12H17N3OS. The molecule has 1 aromatic heterocycles. The number of amides is 1. The lowest BCUT2D eigenvalue weighted by Crippen LogP contribution is -2.35. The fourth-order valence-corrected chi connectivity index (χ4v) is 2.74. The summed E-state index contributed by atoms with van der Waals surface area (Å²) in [7, 11) is 3.54. The Morgan fingerprint density at radius 1 is 1.41 bits per heavy atom. The van der Waals surface area contributed by atoms with Gasteiger partial charge in [0.1, 0.15) is 5.82 Å². The van der Waals surface area contributed by atoms with Crippen LogP contribution >= 0.6 is 11.8 Å². The standard InChI is InChI=1S/C12H17N3OS/c1-14(2)12(16)10-4-3-5-13-11(10)15-6-8-17-9-7-15/h3-5H,6-9H2,1-2H3. The van der Waals surface area contributed by atoms with Crippen molar-refractivity contribution >= 4 is 23.5 Å². The maximum atomic E-state index is 12.1. The van der Waals surface area contributed by atoms with Crippen LogP contribution in [0.15, 0.2) is 18.3 Å². The summed E-state index contributed by atoms with van der Waals surface area (Å²) in [6.45, 7) is 1.94. The molecule has 1 aliphatic heterocycles. The largest absolute Gasteiger partial charge is 0.354 e. The van der Waals surface area contributed by atoms with E-state index in [1.165, 1.54) is 0 Å². The van der Waals surface area contributed by atoms with Crippen LogP contribution in [-0.4, -0.2) is 54.5 Å². The Morgan fingerprint density at radius 3 is 2.76 bits per heavy atom. The van der Waals surface area contributed by atoms with E-state index in [9.17, 15) is 4.79 Å². The zero-order valence-electron chi connectivity index (χ0n) is 10.2. The quantitative estimate of drug-likeness (QED) is 0.795. The molecule has 5 heteroatoms. The van der Waals surface area contributed by atoms with Crippen LogP contribution in [-0.2, 0) is 0 Å². The molecule has 4 nitrogen and oxygen atoms in total. The molecule has 0 N–H and O–H groups in total. The third-order valence-electron chi connectivity index (χ3n) is 2.73. The first-order chi connectivity index (χ1) is 8.20. The first-order valence-corrected chi connectivity index (χ1v) is 6.85. The molecule has 0 spiro atoms. The molecule has 1 amide bonds. The monoisotopic (exact) mass is 251 g/mol. The number of hydrogen-bond donors (Lipinski definition) is 0. The molecule has 1 saturated heterocycles. The smallest absolute Gasteiger partial charge is 0.257 e. The number of thioether (sulfide) groups is 1. The van der Waals surface area contributed by atoms with Gasteiger partial charge < -0.3 is 9.80 Å². The molecule has 2 heterocycles. The van der Waals surface area contributed by atoms with Crippen LogP contribution in [0.25, 0.3) is 0 Å². The fourth-order valence-electron chi connectivity index (χ4n) is 1.83. The molecule has 0 bridgehead atoms. The molecule has 0 radical (unpaired) electrons. The van der Waals surface area contributed by atoms with Gasteiger partial charge in [0.15, 0.2) is 0 Å². The zero-order valence-corrected chi connectivity index (χ0v) is 11.0. The Kier molecular flexibility index (Phi) is 3.89. The van der Waals surface area contributed by atoms with Crippen molar-refractivity contribution in [2.24, 2.45) is 0 Å². The van der Waals surface area contributed by atoms with E-state index in [1.807, 2.05) is 23.9 Å². The molecule has 0 saturated carbocycles. The minimum absolute atomic E-state index is 0.0197. The van der Waals surface area contributed by atoms with Gasteiger partial charge >= 0.3 is 0 Å². The van der Waals surface area contributed by atoms with Gasteiger partial charge in [-0.05, 0) is 12.1 Å². The second-order valence-electron chi connectivity index (χ2n) is 4.17. The van der Waals surface area contributed by atoms with Crippen molar-refractivity contribution < 1.29 is 4.79 Å². The van der Waals surface area contributed by atoms with Gasteiger partial charge in [-0.15, -0.1) is 0 Å². The van der Waals surface area contributed by atoms with Crippen molar-refractivity contribution in [2.45, 2.75) is 0 Å². The van der Waals surface area contributed by atoms with Crippen LogP contribution in [0.3, 0.4) is 0 Å². The summed E-state index contributed by atoms with van der Waals surface area (Å²) in [5.41, 5.74) is 0.699. The zero-order chi connectivity index (χ0) is 12.3. The van der Waals surface area contributed by atoms with Gasteiger partial charge in [0.05, 0.1) is 5.56 Å². The molecule has 0 aliphatic carbocycles. The van der Waals surface area contributed by atoms with Gasteiger partial charge in [0.25, 0.3) is 5.91 Å². The normalized spacial score (nSPS) is 15.8. The molecule has 92 valence electrons. The minimum atomic E-state index is 0.0197. The number of hydrogen-bond acceptors (Lipinski definition) is 4. The van der Waals surface area contributed by atoms with E-state index in [1.54, 1.807) is 25.2 Å². The molecule has 2 rings (SSSR count). The maximum Gasteiger partial charge on any atom is 0.257 e. The van der Waals surface area contributed by atoms with Gasteiger partial charge in [0, 0.05) is 44.9 Å². The Morgan fingerprint density at radius 2 is 2.12 bits per heavy atom. The van der Waals surface area contributed by atoms with Gasteiger partial charge in [-0.1, -0.05) is 0 Å². The summed E-state index contributed by atoms with van der Waals surface area (Å²) in [6.07, 6.45) is 1.75. The summed E-state index contributed by atoms with van der Waals surface area (Å²) in [4.78, 5) is 20.2. The number of rotatable bonds is 2. The minimum Gasteiger partial charge on any atom is -0.354 e. The van der Waals surface area contributed by atoms with Crippen LogP contribution in [0.4, 0.5) is 5.82 Å². The highest BCUT2D eigenvalue weighted by atomic mass is 32.2. The van der Waals surface area contributed by atoms with E-state index in [-0.39, 0.29) is 5.91 Å². The van der Waals surface area contributed by atoms with E-state index in [0.29, 0.717) is 5.56 Å². The van der Waals surface area contributed by atoms with Crippen LogP contribution in [0, 0.1) is 0 Å². The maximum absolute atomic E-state index is 12.1. The molecule has 1 fully saturated rings. The summed E-state index contributed by atoms with van der Waals surface area (Å²) in [6, 6.07) is 3.67. The molecule has 1 aromatic rings. The molecule has 17 heavy (non-hydrogen) atoms. The van der Waals surface area contributed by atoms with Gasteiger partial charge in [-0.25, -0.2) is 4.98 Å². The number of anilines is 1. The van der Waals surface area contributed by atoms with E-state index in [4.69, 9.17) is 0 Å². The highest BCUT2D eigenvalue weighted by molar-refractivity contribution is 7.99. The molecule has 0 aromatic carbocycles. The second kappa shape index (κ2) is 5.40. The van der Waals surface area contributed by atoms with E-state index in [0.717, 1.165) is 30.4 Å². The Hall–Kier alpha value is -1.23. The lowest BCUT2D eigenvalue weighted by molar-refractivity contribution is 0.0828. The summed E-state index contributed by atoms with van der Waals surface area (Å²) in [5, 5.41) is 0. The number of pyridine rings is 1. The van der Waals surface area contributed by atoms with Crippen molar-refractivity contribution in [1.29, 1.82) is 0 Å². The van der Waals surface area contributed by atoms with Crippen LogP contribution in [0.1, 0.15) is 10.4 Å². The van der Waals surface area contributed by atoms with Crippen LogP contribution in [0.2, 0.25) is 0 Å². The predicted octanol–water partition coefficient (Wildman–Crippen LogP) is 1.34. The molecular weight excluding hydrogens is 234 g/mol. The number of nitrogens with zero attached hydrogens (tertiary/aromatic N) is 3.